The first-order valence-corrected chi connectivity index (χ1v) is 7.22. The fourth-order valence-electron chi connectivity index (χ4n) is 2.53. The predicted molar refractivity (Wildman–Crippen MR) is 77.9 cm³/mol. The van der Waals surface area contributed by atoms with Crippen LogP contribution in [0, 0.1) is 6.92 Å². The third-order valence-electron chi connectivity index (χ3n) is 3.52. The molecule has 1 aromatic carbocycles. The summed E-state index contributed by atoms with van der Waals surface area (Å²) in [4.78, 5) is 29.9. The summed E-state index contributed by atoms with van der Waals surface area (Å²) in [6.07, 6.45) is 1.54. The molecule has 21 heavy (non-hydrogen) atoms. The topological polar surface area (TPSA) is 60.2 Å². The van der Waals surface area contributed by atoms with E-state index in [1.165, 1.54) is 17.6 Å². The molecule has 5 heteroatoms. The summed E-state index contributed by atoms with van der Waals surface area (Å²) in [5, 5.41) is 0.553. The molecule has 0 saturated carbocycles. The van der Waals surface area contributed by atoms with E-state index < -0.39 is 0 Å². The Hall–Kier alpha value is -2.53. The molecule has 0 aliphatic heterocycles. The van der Waals surface area contributed by atoms with Gasteiger partial charge in [0.05, 0.1) is 6.26 Å². The number of benzene rings is 1. The zero-order valence-electron chi connectivity index (χ0n) is 11.0. The molecule has 0 radical (unpaired) electrons. The summed E-state index contributed by atoms with van der Waals surface area (Å²) in [6, 6.07) is 8.82. The number of nitrogens with zero attached hydrogens (tertiary/aromatic N) is 1. The third kappa shape index (κ3) is 1.64. The van der Waals surface area contributed by atoms with Gasteiger partial charge in [0, 0.05) is 11.1 Å². The second kappa shape index (κ2) is 4.23. The van der Waals surface area contributed by atoms with Crippen molar-refractivity contribution >= 4 is 22.9 Å². The first-order chi connectivity index (χ1) is 10.2. The fourth-order valence-corrected chi connectivity index (χ4v) is 3.52. The molecule has 0 fully saturated rings. The van der Waals surface area contributed by atoms with Crippen molar-refractivity contribution in [2.75, 3.05) is 0 Å². The lowest BCUT2D eigenvalue weighted by atomic mass is 9.88. The molecule has 1 aliphatic rings. The Morgan fingerprint density at radius 1 is 1.10 bits per heavy atom. The minimum absolute atomic E-state index is 0.140. The molecule has 102 valence electrons. The van der Waals surface area contributed by atoms with Crippen molar-refractivity contribution in [2.24, 2.45) is 0 Å². The molecule has 4 rings (SSSR count). The molecule has 0 spiro atoms. The van der Waals surface area contributed by atoms with Crippen LogP contribution in [-0.2, 0) is 0 Å². The number of hydrogen-bond donors (Lipinski definition) is 0. The molecule has 1 aliphatic carbocycles. The summed E-state index contributed by atoms with van der Waals surface area (Å²) >= 11 is 1.20. The van der Waals surface area contributed by atoms with Crippen LogP contribution in [0.5, 0.6) is 0 Å². The van der Waals surface area contributed by atoms with Gasteiger partial charge in [0.2, 0.25) is 11.6 Å². The highest BCUT2D eigenvalue weighted by Crippen LogP contribution is 2.36. The normalized spacial score (nSPS) is 13.2. The monoisotopic (exact) mass is 295 g/mol. The molecule has 0 saturated heterocycles. The Morgan fingerprint density at radius 2 is 1.95 bits per heavy atom. The standard InChI is InChI=1S/C16H9NO3S/c1-8-4-2-5-9-11(8)14(19)12-15(13(9)18)21-16(17-12)10-6-3-7-20-10/h2-7H,1H3. The van der Waals surface area contributed by atoms with Gasteiger partial charge >= 0.3 is 0 Å². The minimum Gasteiger partial charge on any atom is -0.462 e. The molecule has 0 atom stereocenters. The minimum atomic E-state index is -0.188. The zero-order chi connectivity index (χ0) is 14.6. The molecule has 0 N–H and O–H groups in total. The van der Waals surface area contributed by atoms with Crippen LogP contribution in [0.25, 0.3) is 10.8 Å². The highest BCUT2D eigenvalue weighted by Gasteiger charge is 2.34. The first-order valence-electron chi connectivity index (χ1n) is 6.40. The van der Waals surface area contributed by atoms with E-state index in [1.54, 1.807) is 24.3 Å². The lowest BCUT2D eigenvalue weighted by Gasteiger charge is -2.14. The molecule has 0 bridgehead atoms. The summed E-state index contributed by atoms with van der Waals surface area (Å²) in [6.45, 7) is 1.83. The number of aromatic nitrogens is 1. The van der Waals surface area contributed by atoms with Crippen LogP contribution in [0.15, 0.2) is 41.0 Å². The van der Waals surface area contributed by atoms with Crippen LogP contribution in [0.4, 0.5) is 0 Å². The number of carbonyl (C=O) groups excluding carboxylic acids is 2. The van der Waals surface area contributed by atoms with Gasteiger partial charge in [-0.3, -0.25) is 9.59 Å². The van der Waals surface area contributed by atoms with Crippen LogP contribution >= 0.6 is 11.3 Å². The number of thiazole rings is 1. The van der Waals surface area contributed by atoms with Crippen molar-refractivity contribution in [2.45, 2.75) is 6.92 Å². The summed E-state index contributed by atoms with van der Waals surface area (Å²) < 4.78 is 5.29. The SMILES string of the molecule is Cc1cccc2c1C(=O)c1nc(-c3ccco3)sc1C2=O. The van der Waals surface area contributed by atoms with E-state index in [9.17, 15) is 9.59 Å². The Labute approximate surface area is 124 Å². The Kier molecular flexibility index (Phi) is 2.46. The maximum absolute atomic E-state index is 12.6. The average molecular weight is 295 g/mol. The average Bonchev–Trinajstić information content (AvgIpc) is 3.13. The molecule has 2 aromatic heterocycles. The number of rotatable bonds is 1. The van der Waals surface area contributed by atoms with Gasteiger partial charge in [0.1, 0.15) is 10.6 Å². The molecule has 0 unspecified atom stereocenters. The molecular formula is C16H9NO3S. The number of aryl methyl sites for hydroxylation is 1. The number of carbonyl (C=O) groups is 2. The lowest BCUT2D eigenvalue weighted by molar-refractivity contribution is 0.0978. The van der Waals surface area contributed by atoms with E-state index in [1.807, 2.05) is 13.0 Å². The summed E-state index contributed by atoms with van der Waals surface area (Å²) in [7, 11) is 0. The Bertz CT molecular complexity index is 890. The smallest absolute Gasteiger partial charge is 0.214 e. The maximum atomic E-state index is 12.6. The number of ketones is 2. The predicted octanol–water partition coefficient (Wildman–Crippen LogP) is 3.49. The Morgan fingerprint density at radius 3 is 2.71 bits per heavy atom. The van der Waals surface area contributed by atoms with Crippen molar-refractivity contribution in [3.05, 3.63) is 63.9 Å². The van der Waals surface area contributed by atoms with Gasteiger partial charge in [-0.1, -0.05) is 18.2 Å². The van der Waals surface area contributed by atoms with Gasteiger partial charge in [-0.15, -0.1) is 11.3 Å². The highest BCUT2D eigenvalue weighted by atomic mass is 32.1. The largest absolute Gasteiger partial charge is 0.462 e. The van der Waals surface area contributed by atoms with Crippen molar-refractivity contribution in [3.8, 4) is 10.8 Å². The Balaban J connectivity index is 1.96. The van der Waals surface area contributed by atoms with E-state index in [2.05, 4.69) is 4.98 Å². The highest BCUT2D eigenvalue weighted by molar-refractivity contribution is 7.17. The number of hydrogen-bond acceptors (Lipinski definition) is 5. The van der Waals surface area contributed by atoms with E-state index in [-0.39, 0.29) is 17.3 Å². The van der Waals surface area contributed by atoms with Gasteiger partial charge in [0.15, 0.2) is 10.8 Å². The van der Waals surface area contributed by atoms with Crippen LogP contribution in [-0.4, -0.2) is 16.6 Å². The van der Waals surface area contributed by atoms with Crippen molar-refractivity contribution in [1.29, 1.82) is 0 Å². The molecule has 3 aromatic rings. The van der Waals surface area contributed by atoms with Gasteiger partial charge in [-0.05, 0) is 24.6 Å². The van der Waals surface area contributed by atoms with E-state index in [4.69, 9.17) is 4.42 Å². The number of furan rings is 1. The van der Waals surface area contributed by atoms with E-state index >= 15 is 0 Å². The van der Waals surface area contributed by atoms with Gasteiger partial charge < -0.3 is 4.42 Å². The lowest BCUT2D eigenvalue weighted by Crippen LogP contribution is -2.20. The molecule has 4 nitrogen and oxygen atoms in total. The van der Waals surface area contributed by atoms with E-state index in [0.29, 0.717) is 26.8 Å². The maximum Gasteiger partial charge on any atom is 0.214 e. The molecule has 0 amide bonds. The second-order valence-electron chi connectivity index (χ2n) is 4.83. The zero-order valence-corrected chi connectivity index (χ0v) is 11.9. The third-order valence-corrected chi connectivity index (χ3v) is 4.59. The second-order valence-corrected chi connectivity index (χ2v) is 5.83. The van der Waals surface area contributed by atoms with Gasteiger partial charge in [-0.25, -0.2) is 4.98 Å². The van der Waals surface area contributed by atoms with Crippen molar-refractivity contribution in [3.63, 3.8) is 0 Å². The van der Waals surface area contributed by atoms with Crippen LogP contribution in [0.1, 0.15) is 36.9 Å². The summed E-state index contributed by atoms with van der Waals surface area (Å²) in [5.41, 5.74) is 1.95. The van der Waals surface area contributed by atoms with Crippen LogP contribution in [0.2, 0.25) is 0 Å². The van der Waals surface area contributed by atoms with Gasteiger partial charge in [-0.2, -0.15) is 0 Å². The van der Waals surface area contributed by atoms with Crippen LogP contribution in [0.3, 0.4) is 0 Å². The summed E-state index contributed by atoms with van der Waals surface area (Å²) in [5.74, 6) is 0.237. The number of fused-ring (bicyclic) bond motifs is 2. The quantitative estimate of drug-likeness (QED) is 0.539. The van der Waals surface area contributed by atoms with Gasteiger partial charge in [0.25, 0.3) is 0 Å². The molecular weight excluding hydrogens is 286 g/mol. The van der Waals surface area contributed by atoms with Crippen molar-refractivity contribution < 1.29 is 14.0 Å². The van der Waals surface area contributed by atoms with E-state index in [0.717, 1.165) is 5.56 Å². The fraction of sp³-hybridized carbons (Fsp3) is 0.0625. The molecule has 2 heterocycles. The van der Waals surface area contributed by atoms with Crippen molar-refractivity contribution in [1.82, 2.24) is 4.98 Å². The first kappa shape index (κ1) is 12.2. The van der Waals surface area contributed by atoms with Crippen LogP contribution < -0.4 is 0 Å².